The number of aliphatic hydroxyl groups is 1. The molecule has 12 nitrogen and oxygen atoms in total. The molecule has 1 aromatic carbocycles. The van der Waals surface area contributed by atoms with Gasteiger partial charge in [0.05, 0.1) is 23.7 Å². The summed E-state index contributed by atoms with van der Waals surface area (Å²) >= 11 is 6.04. The summed E-state index contributed by atoms with van der Waals surface area (Å²) in [6.45, 7) is 6.30. The molecule has 2 aliphatic heterocycles. The first-order valence-electron chi connectivity index (χ1n) is 9.13. The van der Waals surface area contributed by atoms with E-state index in [2.05, 4.69) is 19.9 Å². The summed E-state index contributed by atoms with van der Waals surface area (Å²) in [5.41, 5.74) is -0.197. The van der Waals surface area contributed by atoms with Crippen molar-refractivity contribution in [2.75, 3.05) is 19.6 Å². The zero-order valence-corrected chi connectivity index (χ0v) is 18.3. The van der Waals surface area contributed by atoms with Crippen LogP contribution in [0.3, 0.4) is 0 Å². The highest BCUT2D eigenvalue weighted by Gasteiger charge is 2.21. The van der Waals surface area contributed by atoms with Gasteiger partial charge in [-0.1, -0.05) is 25.4 Å². The smallest absolute Gasteiger partial charge is 0.390 e. The van der Waals surface area contributed by atoms with Crippen molar-refractivity contribution in [2.45, 2.75) is 26.5 Å². The Kier molecular flexibility index (Phi) is 8.22. The number of nitrogens with one attached hydrogen (secondary N) is 1. The largest absolute Gasteiger partial charge is 0.394 e. The molecule has 1 atom stereocenters. The number of nitrogens with zero attached hydrogens (tertiary/aromatic N) is 4. The molecule has 0 amide bonds. The molecule has 2 aliphatic rings. The van der Waals surface area contributed by atoms with Crippen LogP contribution in [0.2, 0.25) is 5.02 Å². The lowest BCUT2D eigenvalue weighted by molar-refractivity contribution is 0.104. The molecule has 3 rings (SSSR count). The summed E-state index contributed by atoms with van der Waals surface area (Å²) in [7, 11) is -4.67. The van der Waals surface area contributed by atoms with Gasteiger partial charge >= 0.3 is 16.1 Å². The molecule has 0 saturated heterocycles. The summed E-state index contributed by atoms with van der Waals surface area (Å²) in [5.74, 6) is 0.146. The first-order chi connectivity index (χ1) is 14.4. The third kappa shape index (κ3) is 7.05. The van der Waals surface area contributed by atoms with Crippen LogP contribution >= 0.6 is 11.6 Å². The third-order valence-corrected chi connectivity index (χ3v) is 4.56. The molecule has 0 bridgehead atoms. The van der Waals surface area contributed by atoms with E-state index < -0.39 is 27.8 Å². The van der Waals surface area contributed by atoms with Crippen molar-refractivity contribution in [1.82, 2.24) is 24.4 Å². The van der Waals surface area contributed by atoms with E-state index >= 15 is 0 Å². The van der Waals surface area contributed by atoms with Gasteiger partial charge in [-0.25, -0.2) is 9.78 Å². The molecule has 0 saturated carbocycles. The topological polar surface area (TPSA) is 179 Å². The molecule has 4 N–H and O–H groups in total. The minimum absolute atomic E-state index is 0.0365. The van der Waals surface area contributed by atoms with Crippen LogP contribution in [0.1, 0.15) is 13.8 Å². The van der Waals surface area contributed by atoms with E-state index in [-0.39, 0.29) is 18.1 Å². The number of fused-ring (bicyclic) bond motifs is 2. The number of aromatic amines is 1. The Labute approximate surface area is 182 Å². The third-order valence-electron chi connectivity index (χ3n) is 4.33. The van der Waals surface area contributed by atoms with E-state index in [0.717, 1.165) is 13.1 Å². The maximum atomic E-state index is 12.2. The maximum Gasteiger partial charge on any atom is 0.394 e. The predicted molar refractivity (Wildman–Crippen MR) is 114 cm³/mol. The maximum absolute atomic E-state index is 12.2. The van der Waals surface area contributed by atoms with Crippen molar-refractivity contribution >= 4 is 33.0 Å². The Morgan fingerprint density at radius 1 is 1.19 bits per heavy atom. The van der Waals surface area contributed by atoms with Gasteiger partial charge in [0, 0.05) is 11.6 Å². The molecule has 1 unspecified atom stereocenters. The Hall–Kier alpha value is -2.42. The highest BCUT2D eigenvalue weighted by molar-refractivity contribution is 7.79. The van der Waals surface area contributed by atoms with E-state index in [0.29, 0.717) is 22.6 Å². The second kappa shape index (κ2) is 10.3. The highest BCUT2D eigenvalue weighted by Crippen LogP contribution is 2.23. The van der Waals surface area contributed by atoms with Gasteiger partial charge in [0.1, 0.15) is 0 Å². The minimum atomic E-state index is -4.67. The van der Waals surface area contributed by atoms with Gasteiger partial charge in [0.25, 0.3) is 5.56 Å². The minimum Gasteiger partial charge on any atom is -0.390 e. The lowest BCUT2D eigenvalue weighted by Gasteiger charge is -2.24. The van der Waals surface area contributed by atoms with Crippen molar-refractivity contribution in [3.63, 3.8) is 0 Å². The van der Waals surface area contributed by atoms with Crippen molar-refractivity contribution in [2.24, 2.45) is 0 Å². The standard InChI is InChI=1S/C17H20ClN5O3.H2O4S/c1-3-22(4-2)8-11(24)9-23-13-6-5-10(18)7-12(13)19-14-15(23)20-17(26)21-16(14)25;1-5(2,3)4/h5-7,11,24H,3-4,8-9H2,1-2H3,(H,21,25,26);(H2,1,2,3,4). The van der Waals surface area contributed by atoms with Crippen LogP contribution in [0.15, 0.2) is 27.8 Å². The van der Waals surface area contributed by atoms with E-state index in [9.17, 15) is 14.7 Å². The average molecular weight is 476 g/mol. The molecule has 2 heterocycles. The summed E-state index contributed by atoms with van der Waals surface area (Å²) in [5, 5.41) is 11.0. The fourth-order valence-corrected chi connectivity index (χ4v) is 3.17. The van der Waals surface area contributed by atoms with Crippen LogP contribution in [0.5, 0.6) is 0 Å². The fourth-order valence-electron chi connectivity index (χ4n) is 3.01. The lowest BCUT2D eigenvalue weighted by Crippen LogP contribution is -2.36. The molecular formula is C17H22ClN5O7S. The van der Waals surface area contributed by atoms with Gasteiger partial charge in [0.2, 0.25) is 0 Å². The monoisotopic (exact) mass is 475 g/mol. The van der Waals surface area contributed by atoms with E-state index in [1.807, 2.05) is 13.8 Å². The number of likely N-dealkylation sites (N-methyl/N-ethyl adjacent to an activating group) is 1. The van der Waals surface area contributed by atoms with Crippen LogP contribution < -0.4 is 11.2 Å². The Balaban J connectivity index is 0.000000614. The molecule has 0 aliphatic carbocycles. The molecule has 170 valence electrons. The number of H-pyrrole nitrogens is 1. The van der Waals surface area contributed by atoms with Gasteiger partial charge in [-0.2, -0.15) is 13.4 Å². The quantitative estimate of drug-likeness (QED) is 0.286. The second-order valence-corrected chi connectivity index (χ2v) is 7.82. The van der Waals surface area contributed by atoms with Crippen LogP contribution in [0, 0.1) is 0 Å². The summed E-state index contributed by atoms with van der Waals surface area (Å²) in [4.78, 5) is 36.3. The molecule has 1 aromatic rings. The van der Waals surface area contributed by atoms with Gasteiger partial charge in [-0.3, -0.25) is 18.9 Å². The molecule has 31 heavy (non-hydrogen) atoms. The number of aliphatic hydroxyl groups excluding tert-OH is 1. The zero-order chi connectivity index (χ0) is 23.3. The molecule has 0 fully saturated rings. The fraction of sp³-hybridized carbons (Fsp3) is 0.412. The van der Waals surface area contributed by atoms with Crippen LogP contribution in [0.4, 0.5) is 0 Å². The van der Waals surface area contributed by atoms with Crippen molar-refractivity contribution in [3.05, 3.63) is 44.1 Å². The zero-order valence-electron chi connectivity index (χ0n) is 16.7. The average Bonchev–Trinajstić information content (AvgIpc) is 2.65. The number of aromatic nitrogens is 4. The summed E-state index contributed by atoms with van der Waals surface area (Å²) in [6, 6.07) is 5.06. The second-order valence-electron chi connectivity index (χ2n) is 6.49. The van der Waals surface area contributed by atoms with Gasteiger partial charge in [0.15, 0.2) is 11.5 Å². The lowest BCUT2D eigenvalue weighted by atomic mass is 10.2. The van der Waals surface area contributed by atoms with Gasteiger partial charge in [-0.15, -0.1) is 0 Å². The van der Waals surface area contributed by atoms with E-state index in [1.165, 1.54) is 0 Å². The molecular weight excluding hydrogens is 454 g/mol. The predicted octanol–water partition coefficient (Wildman–Crippen LogP) is 0.288. The first-order valence-corrected chi connectivity index (χ1v) is 10.9. The number of hydrogen-bond donors (Lipinski definition) is 4. The van der Waals surface area contributed by atoms with Crippen LogP contribution in [-0.2, 0) is 16.9 Å². The first kappa shape index (κ1) is 24.8. The van der Waals surface area contributed by atoms with Gasteiger partial charge < -0.3 is 14.6 Å². The Morgan fingerprint density at radius 3 is 2.39 bits per heavy atom. The van der Waals surface area contributed by atoms with Crippen LogP contribution in [-0.4, -0.2) is 72.8 Å². The normalized spacial score (nSPS) is 12.7. The number of hydrogen-bond acceptors (Lipinski definition) is 8. The summed E-state index contributed by atoms with van der Waals surface area (Å²) in [6.07, 6.45) is -0.708. The van der Waals surface area contributed by atoms with Gasteiger partial charge in [-0.05, 0) is 31.3 Å². The molecule has 0 spiro atoms. The van der Waals surface area contributed by atoms with E-state index in [4.69, 9.17) is 29.1 Å². The number of benzene rings is 1. The Bertz CT molecular complexity index is 1230. The molecule has 14 heteroatoms. The number of halogens is 1. The molecule has 0 aromatic heterocycles. The van der Waals surface area contributed by atoms with Crippen molar-refractivity contribution < 1.29 is 22.6 Å². The number of rotatable bonds is 6. The van der Waals surface area contributed by atoms with Crippen LogP contribution in [0.25, 0.3) is 22.6 Å². The van der Waals surface area contributed by atoms with Crippen molar-refractivity contribution in [1.29, 1.82) is 0 Å². The summed E-state index contributed by atoms with van der Waals surface area (Å²) < 4.78 is 33.2. The SMILES string of the molecule is CCN(CC)CC(O)Cn1c2nc(=O)[nH]c(=O)c-2nc2cc(Cl)ccc21.O=S(=O)(O)O. The van der Waals surface area contributed by atoms with E-state index in [1.54, 1.807) is 22.8 Å². The molecule has 0 radical (unpaired) electrons. The highest BCUT2D eigenvalue weighted by atomic mass is 35.5. The van der Waals surface area contributed by atoms with Crippen molar-refractivity contribution in [3.8, 4) is 11.5 Å². The Morgan fingerprint density at radius 2 is 1.81 bits per heavy atom.